The molecule has 0 radical (unpaired) electrons. The molecule has 0 aliphatic carbocycles. The van der Waals surface area contributed by atoms with Gasteiger partial charge in [0.1, 0.15) is 6.04 Å². The van der Waals surface area contributed by atoms with Crippen LogP contribution in [0.25, 0.3) is 0 Å². The van der Waals surface area contributed by atoms with Crippen LogP contribution >= 0.6 is 0 Å². The first-order valence-electron chi connectivity index (χ1n) is 6.82. The van der Waals surface area contributed by atoms with Crippen LogP contribution in [0.1, 0.15) is 10.4 Å². The van der Waals surface area contributed by atoms with Gasteiger partial charge in [0.25, 0.3) is 5.91 Å². The van der Waals surface area contributed by atoms with Crippen LogP contribution in [-0.2, 0) is 9.53 Å². The average Bonchev–Trinajstić information content (AvgIpc) is 2.54. The van der Waals surface area contributed by atoms with Crippen LogP contribution in [0.3, 0.4) is 0 Å². The van der Waals surface area contributed by atoms with E-state index >= 15 is 0 Å². The normalized spacial score (nSPS) is 18.0. The van der Waals surface area contributed by atoms with E-state index in [0.29, 0.717) is 31.0 Å². The molecule has 7 heteroatoms. The highest BCUT2D eigenvalue weighted by Crippen LogP contribution is 2.10. The Balaban J connectivity index is 1.89. The lowest BCUT2D eigenvalue weighted by Gasteiger charge is -2.22. The number of hydrogen-bond donors (Lipinski definition) is 4. The molecule has 1 heterocycles. The molecule has 1 aromatic carbocycles. The first-order chi connectivity index (χ1) is 10.2. The van der Waals surface area contributed by atoms with Gasteiger partial charge in [0.05, 0.1) is 19.8 Å². The minimum Gasteiger partial charge on any atom is -0.395 e. The van der Waals surface area contributed by atoms with Crippen LogP contribution < -0.4 is 16.0 Å². The Bertz CT molecular complexity index is 483. The van der Waals surface area contributed by atoms with Crippen molar-refractivity contribution in [2.24, 2.45) is 0 Å². The first kappa shape index (κ1) is 15.4. The summed E-state index contributed by atoms with van der Waals surface area (Å²) in [5.74, 6) is -0.420. The SMILES string of the molecule is O=C(NCCO)c1ccc(NC(=O)C2COCCN2)cc1. The maximum atomic E-state index is 12.0. The van der Waals surface area contributed by atoms with Crippen molar-refractivity contribution in [2.45, 2.75) is 6.04 Å². The molecule has 1 aliphatic heterocycles. The highest BCUT2D eigenvalue weighted by atomic mass is 16.5. The number of aliphatic hydroxyl groups excluding tert-OH is 1. The lowest BCUT2D eigenvalue weighted by atomic mass is 10.2. The molecule has 21 heavy (non-hydrogen) atoms. The molecular formula is C14H19N3O4. The van der Waals surface area contributed by atoms with Gasteiger partial charge in [-0.3, -0.25) is 9.59 Å². The molecule has 7 nitrogen and oxygen atoms in total. The Labute approximate surface area is 122 Å². The predicted octanol–water partition coefficient (Wildman–Crippen LogP) is -0.664. The number of rotatable bonds is 5. The van der Waals surface area contributed by atoms with Crippen molar-refractivity contribution >= 4 is 17.5 Å². The lowest BCUT2D eigenvalue weighted by Crippen LogP contribution is -2.48. The third-order valence-corrected chi connectivity index (χ3v) is 3.05. The summed E-state index contributed by atoms with van der Waals surface area (Å²) in [6.45, 7) is 1.73. The summed E-state index contributed by atoms with van der Waals surface area (Å²) in [6, 6.07) is 6.21. The fourth-order valence-electron chi connectivity index (χ4n) is 1.94. The molecule has 1 fully saturated rings. The number of carbonyl (C=O) groups excluding carboxylic acids is 2. The Kier molecular flexibility index (Phi) is 5.68. The first-order valence-corrected chi connectivity index (χ1v) is 6.82. The second-order valence-electron chi connectivity index (χ2n) is 4.63. The number of nitrogens with one attached hydrogen (secondary N) is 3. The molecule has 2 rings (SSSR count). The van der Waals surface area contributed by atoms with Gasteiger partial charge in [-0.2, -0.15) is 0 Å². The molecule has 1 unspecified atom stereocenters. The molecule has 0 spiro atoms. The van der Waals surface area contributed by atoms with E-state index in [1.54, 1.807) is 24.3 Å². The molecule has 0 aromatic heterocycles. The van der Waals surface area contributed by atoms with Gasteiger partial charge in [0, 0.05) is 24.3 Å². The second kappa shape index (κ2) is 7.72. The molecule has 4 N–H and O–H groups in total. The van der Waals surface area contributed by atoms with Crippen molar-refractivity contribution in [3.8, 4) is 0 Å². The van der Waals surface area contributed by atoms with Crippen LogP contribution in [0.4, 0.5) is 5.69 Å². The van der Waals surface area contributed by atoms with Crippen LogP contribution in [0.5, 0.6) is 0 Å². The number of ether oxygens (including phenoxy) is 1. The minimum atomic E-state index is -0.355. The number of amides is 2. The highest BCUT2D eigenvalue weighted by Gasteiger charge is 2.21. The third-order valence-electron chi connectivity index (χ3n) is 3.05. The standard InChI is InChI=1S/C14H19N3O4/c18-7-5-16-13(19)10-1-3-11(4-2-10)17-14(20)12-9-21-8-6-15-12/h1-4,12,15,18H,5-9H2,(H,16,19)(H,17,20). The average molecular weight is 293 g/mol. The minimum absolute atomic E-state index is 0.101. The van der Waals surface area contributed by atoms with Crippen molar-refractivity contribution in [1.82, 2.24) is 10.6 Å². The zero-order chi connectivity index (χ0) is 15.1. The van der Waals surface area contributed by atoms with Gasteiger partial charge >= 0.3 is 0 Å². The van der Waals surface area contributed by atoms with E-state index in [-0.39, 0.29) is 31.0 Å². The van der Waals surface area contributed by atoms with E-state index in [1.165, 1.54) is 0 Å². The number of anilines is 1. The zero-order valence-corrected chi connectivity index (χ0v) is 11.6. The Morgan fingerprint density at radius 1 is 1.33 bits per heavy atom. The number of hydrogen-bond acceptors (Lipinski definition) is 5. The van der Waals surface area contributed by atoms with E-state index in [9.17, 15) is 9.59 Å². The number of carbonyl (C=O) groups is 2. The molecule has 114 valence electrons. The molecular weight excluding hydrogens is 274 g/mol. The van der Waals surface area contributed by atoms with Crippen molar-refractivity contribution < 1.29 is 19.4 Å². The van der Waals surface area contributed by atoms with Gasteiger partial charge in [-0.15, -0.1) is 0 Å². The predicted molar refractivity (Wildman–Crippen MR) is 77.1 cm³/mol. The fourth-order valence-corrected chi connectivity index (χ4v) is 1.94. The Hall–Kier alpha value is -1.96. The molecule has 0 saturated carbocycles. The summed E-state index contributed by atoms with van der Waals surface area (Å²) in [5, 5.41) is 17.0. The fraction of sp³-hybridized carbons (Fsp3) is 0.429. The summed E-state index contributed by atoms with van der Waals surface area (Å²) >= 11 is 0. The van der Waals surface area contributed by atoms with Crippen LogP contribution in [0, 0.1) is 0 Å². The molecule has 1 saturated heterocycles. The van der Waals surface area contributed by atoms with E-state index in [1.807, 2.05) is 0 Å². The van der Waals surface area contributed by atoms with Crippen molar-refractivity contribution in [3.63, 3.8) is 0 Å². The number of benzene rings is 1. The molecule has 2 amide bonds. The maximum absolute atomic E-state index is 12.0. The van der Waals surface area contributed by atoms with Gasteiger partial charge in [-0.05, 0) is 24.3 Å². The van der Waals surface area contributed by atoms with Crippen molar-refractivity contribution in [1.29, 1.82) is 0 Å². The van der Waals surface area contributed by atoms with Gasteiger partial charge in [-0.1, -0.05) is 0 Å². The Morgan fingerprint density at radius 2 is 2.10 bits per heavy atom. The second-order valence-corrected chi connectivity index (χ2v) is 4.63. The molecule has 0 bridgehead atoms. The van der Waals surface area contributed by atoms with Crippen molar-refractivity contribution in [2.75, 3.05) is 38.2 Å². The van der Waals surface area contributed by atoms with E-state index in [2.05, 4.69) is 16.0 Å². The van der Waals surface area contributed by atoms with E-state index in [0.717, 1.165) is 0 Å². The van der Waals surface area contributed by atoms with Crippen LogP contribution in [0.2, 0.25) is 0 Å². The smallest absolute Gasteiger partial charge is 0.251 e. The summed E-state index contributed by atoms with van der Waals surface area (Å²) in [7, 11) is 0. The monoisotopic (exact) mass is 293 g/mol. The maximum Gasteiger partial charge on any atom is 0.251 e. The van der Waals surface area contributed by atoms with Crippen molar-refractivity contribution in [3.05, 3.63) is 29.8 Å². The van der Waals surface area contributed by atoms with E-state index < -0.39 is 0 Å². The number of morpholine rings is 1. The van der Waals surface area contributed by atoms with Crippen LogP contribution in [0.15, 0.2) is 24.3 Å². The van der Waals surface area contributed by atoms with Crippen LogP contribution in [-0.4, -0.2) is 55.9 Å². The molecule has 1 aliphatic rings. The summed E-state index contributed by atoms with van der Waals surface area (Å²) in [5.41, 5.74) is 1.09. The summed E-state index contributed by atoms with van der Waals surface area (Å²) < 4.78 is 5.23. The van der Waals surface area contributed by atoms with Gasteiger partial charge in [-0.25, -0.2) is 0 Å². The van der Waals surface area contributed by atoms with Gasteiger partial charge < -0.3 is 25.8 Å². The topological polar surface area (TPSA) is 99.7 Å². The van der Waals surface area contributed by atoms with Gasteiger partial charge in [0.2, 0.25) is 5.91 Å². The zero-order valence-electron chi connectivity index (χ0n) is 11.6. The third kappa shape index (κ3) is 4.52. The quantitative estimate of drug-likeness (QED) is 0.577. The molecule has 1 aromatic rings. The number of aliphatic hydroxyl groups is 1. The largest absolute Gasteiger partial charge is 0.395 e. The van der Waals surface area contributed by atoms with E-state index in [4.69, 9.17) is 9.84 Å². The summed E-state index contributed by atoms with van der Waals surface area (Å²) in [4.78, 5) is 23.6. The Morgan fingerprint density at radius 3 is 2.71 bits per heavy atom. The highest BCUT2D eigenvalue weighted by molar-refractivity contribution is 5.97. The van der Waals surface area contributed by atoms with Gasteiger partial charge in [0.15, 0.2) is 0 Å². The lowest BCUT2D eigenvalue weighted by molar-refractivity contribution is -0.120. The summed E-state index contributed by atoms with van der Waals surface area (Å²) in [6.07, 6.45) is 0. The molecule has 1 atom stereocenters.